The lowest BCUT2D eigenvalue weighted by Crippen LogP contribution is -2.54. The van der Waals surface area contributed by atoms with Crippen molar-refractivity contribution in [3.63, 3.8) is 0 Å². The number of hydrogen-bond acceptors (Lipinski definition) is 4. The Kier molecular flexibility index (Phi) is 5.87. The van der Waals surface area contributed by atoms with E-state index in [0.717, 1.165) is 23.3 Å². The van der Waals surface area contributed by atoms with Gasteiger partial charge in [0, 0.05) is 25.0 Å². The molecule has 0 bridgehead atoms. The topological polar surface area (TPSA) is 105 Å². The van der Waals surface area contributed by atoms with Gasteiger partial charge in [0.2, 0.25) is 0 Å². The fraction of sp³-hybridized carbons (Fsp3) is 0.250. The molecule has 0 saturated carbocycles. The zero-order chi connectivity index (χ0) is 25.5. The minimum atomic E-state index is -4.48. The summed E-state index contributed by atoms with van der Waals surface area (Å²) in [6, 6.07) is 7.16. The Morgan fingerprint density at radius 2 is 1.80 bits per heavy atom. The summed E-state index contributed by atoms with van der Waals surface area (Å²) in [5, 5.41) is 7.42. The van der Waals surface area contributed by atoms with Crippen LogP contribution in [0.2, 0.25) is 0 Å². The molecular formula is C24H22F3N5O3. The summed E-state index contributed by atoms with van der Waals surface area (Å²) in [7, 11) is 1.65. The van der Waals surface area contributed by atoms with E-state index in [-0.39, 0.29) is 17.9 Å². The Labute approximate surface area is 198 Å². The lowest BCUT2D eigenvalue weighted by atomic mass is 9.91. The Hall–Kier alpha value is -4.15. The number of aryl methyl sites for hydroxylation is 2. The summed E-state index contributed by atoms with van der Waals surface area (Å²) in [4.78, 5) is 42.1. The average molecular weight is 485 g/mol. The van der Waals surface area contributed by atoms with Gasteiger partial charge in [0.05, 0.1) is 12.1 Å². The van der Waals surface area contributed by atoms with Crippen LogP contribution < -0.4 is 16.0 Å². The number of imidazole rings is 1. The second kappa shape index (κ2) is 8.57. The molecule has 1 aliphatic rings. The quantitative estimate of drug-likeness (QED) is 0.483. The molecule has 1 aromatic heterocycles. The number of carbonyl (C=O) groups is 3. The number of hydrogen-bond donors (Lipinski definition) is 3. The number of halogens is 3. The molecule has 1 saturated heterocycles. The SMILES string of the molecule is Cc1ccc(C(=O)NCC2(c3nccn3C)NC(=O)NC2=O)c(-c2ccc(C(F)(F)F)cc2)c1C. The average Bonchev–Trinajstić information content (AvgIpc) is 3.35. The zero-order valence-electron chi connectivity index (χ0n) is 19.1. The maximum absolute atomic E-state index is 13.3. The van der Waals surface area contributed by atoms with Crippen molar-refractivity contribution in [3.8, 4) is 11.1 Å². The standard InChI is InChI=1S/C24H22F3N5O3/c1-13-4-9-17(18(14(13)2)15-5-7-16(8-6-15)24(25,26)27)19(33)29-12-23(20-28-10-11-32(20)3)21(34)30-22(35)31-23/h4-11H,12H2,1-3H3,(H,29,33)(H2,30,31,34,35). The highest BCUT2D eigenvalue weighted by Crippen LogP contribution is 2.34. The van der Waals surface area contributed by atoms with Crippen molar-refractivity contribution >= 4 is 17.8 Å². The van der Waals surface area contributed by atoms with E-state index in [1.807, 2.05) is 6.92 Å². The van der Waals surface area contributed by atoms with Gasteiger partial charge in [-0.1, -0.05) is 18.2 Å². The number of nitrogens with zero attached hydrogens (tertiary/aromatic N) is 2. The number of imide groups is 1. The number of alkyl halides is 3. The van der Waals surface area contributed by atoms with Crippen molar-refractivity contribution in [3.05, 3.63) is 76.9 Å². The van der Waals surface area contributed by atoms with Crippen LogP contribution in [-0.4, -0.2) is 33.9 Å². The largest absolute Gasteiger partial charge is 0.416 e. The molecule has 0 radical (unpaired) electrons. The third-order valence-corrected chi connectivity index (χ3v) is 6.14. The Morgan fingerprint density at radius 3 is 2.34 bits per heavy atom. The summed E-state index contributed by atoms with van der Waals surface area (Å²) in [6.07, 6.45) is -1.42. The number of aromatic nitrogens is 2. The molecule has 1 fully saturated rings. The molecule has 1 unspecified atom stereocenters. The van der Waals surface area contributed by atoms with Crippen molar-refractivity contribution in [2.75, 3.05) is 6.54 Å². The molecule has 182 valence electrons. The molecule has 1 aliphatic heterocycles. The first-order valence-corrected chi connectivity index (χ1v) is 10.6. The summed E-state index contributed by atoms with van der Waals surface area (Å²) in [5.41, 5.74) is 0.285. The number of benzene rings is 2. The first kappa shape index (κ1) is 24.0. The van der Waals surface area contributed by atoms with E-state index in [2.05, 4.69) is 20.9 Å². The van der Waals surface area contributed by atoms with E-state index in [4.69, 9.17) is 0 Å². The van der Waals surface area contributed by atoms with Gasteiger partial charge in [-0.05, 0) is 54.3 Å². The van der Waals surface area contributed by atoms with Crippen LogP contribution in [0.15, 0.2) is 48.8 Å². The smallest absolute Gasteiger partial charge is 0.349 e. The molecule has 4 rings (SSSR count). The highest BCUT2D eigenvalue weighted by Gasteiger charge is 2.51. The van der Waals surface area contributed by atoms with Gasteiger partial charge in [-0.3, -0.25) is 14.9 Å². The molecule has 1 atom stereocenters. The molecule has 3 N–H and O–H groups in total. The second-order valence-electron chi connectivity index (χ2n) is 8.36. The summed E-state index contributed by atoms with van der Waals surface area (Å²) in [5.74, 6) is -1.00. The van der Waals surface area contributed by atoms with E-state index >= 15 is 0 Å². The first-order valence-electron chi connectivity index (χ1n) is 10.6. The normalized spacial score (nSPS) is 17.8. The van der Waals surface area contributed by atoms with Crippen LogP contribution in [0, 0.1) is 13.8 Å². The highest BCUT2D eigenvalue weighted by molar-refractivity contribution is 6.08. The third-order valence-electron chi connectivity index (χ3n) is 6.14. The van der Waals surface area contributed by atoms with Crippen LogP contribution >= 0.6 is 0 Å². The Morgan fingerprint density at radius 1 is 1.11 bits per heavy atom. The van der Waals surface area contributed by atoms with Gasteiger partial charge < -0.3 is 15.2 Å². The second-order valence-corrected chi connectivity index (χ2v) is 8.36. The molecule has 2 aromatic carbocycles. The summed E-state index contributed by atoms with van der Waals surface area (Å²) >= 11 is 0. The fourth-order valence-electron chi connectivity index (χ4n) is 4.14. The predicted octanol–water partition coefficient (Wildman–Crippen LogP) is 3.19. The molecule has 3 aromatic rings. The molecular weight excluding hydrogens is 463 g/mol. The summed E-state index contributed by atoms with van der Waals surface area (Å²) in [6.45, 7) is 3.31. The van der Waals surface area contributed by atoms with Crippen molar-refractivity contribution in [1.29, 1.82) is 0 Å². The first-order chi connectivity index (χ1) is 16.4. The molecule has 35 heavy (non-hydrogen) atoms. The fourth-order valence-corrected chi connectivity index (χ4v) is 4.14. The molecule has 8 nitrogen and oxygen atoms in total. The van der Waals surface area contributed by atoms with E-state index < -0.39 is 35.1 Å². The number of urea groups is 1. The monoisotopic (exact) mass is 485 g/mol. The van der Waals surface area contributed by atoms with Crippen molar-refractivity contribution in [2.24, 2.45) is 7.05 Å². The molecule has 11 heteroatoms. The van der Waals surface area contributed by atoms with Crippen LogP contribution in [0.3, 0.4) is 0 Å². The van der Waals surface area contributed by atoms with Gasteiger partial charge in [-0.25, -0.2) is 9.78 Å². The molecule has 0 spiro atoms. The zero-order valence-corrected chi connectivity index (χ0v) is 19.1. The summed E-state index contributed by atoms with van der Waals surface area (Å²) < 4.78 is 40.6. The minimum absolute atomic E-state index is 0.215. The van der Waals surface area contributed by atoms with E-state index in [1.54, 1.807) is 36.9 Å². The Bertz CT molecular complexity index is 1330. The lowest BCUT2D eigenvalue weighted by Gasteiger charge is -2.26. The third kappa shape index (κ3) is 4.25. The van der Waals surface area contributed by atoms with Gasteiger partial charge in [-0.15, -0.1) is 0 Å². The van der Waals surface area contributed by atoms with Crippen molar-refractivity contribution in [1.82, 2.24) is 25.5 Å². The van der Waals surface area contributed by atoms with Gasteiger partial charge >= 0.3 is 12.2 Å². The number of rotatable bonds is 5. The van der Waals surface area contributed by atoms with Crippen LogP contribution in [0.1, 0.15) is 32.9 Å². The van der Waals surface area contributed by atoms with Gasteiger partial charge in [-0.2, -0.15) is 13.2 Å². The lowest BCUT2D eigenvalue weighted by molar-refractivity contribution is -0.137. The van der Waals surface area contributed by atoms with Crippen LogP contribution in [0.5, 0.6) is 0 Å². The minimum Gasteiger partial charge on any atom is -0.349 e. The van der Waals surface area contributed by atoms with Gasteiger partial charge in [0.15, 0.2) is 5.54 Å². The maximum atomic E-state index is 13.3. The van der Waals surface area contributed by atoms with Crippen LogP contribution in [0.4, 0.5) is 18.0 Å². The van der Waals surface area contributed by atoms with Crippen LogP contribution in [-0.2, 0) is 23.6 Å². The van der Waals surface area contributed by atoms with E-state index in [9.17, 15) is 27.6 Å². The number of carbonyl (C=O) groups excluding carboxylic acids is 3. The molecule has 4 amide bonds. The van der Waals surface area contributed by atoms with Crippen molar-refractivity contribution < 1.29 is 27.6 Å². The van der Waals surface area contributed by atoms with Crippen LogP contribution in [0.25, 0.3) is 11.1 Å². The predicted molar refractivity (Wildman–Crippen MR) is 120 cm³/mol. The number of amides is 4. The number of nitrogens with one attached hydrogen (secondary N) is 3. The van der Waals surface area contributed by atoms with Gasteiger partial charge in [0.1, 0.15) is 5.82 Å². The van der Waals surface area contributed by atoms with E-state index in [0.29, 0.717) is 11.1 Å². The Balaban J connectivity index is 1.69. The van der Waals surface area contributed by atoms with Gasteiger partial charge in [0.25, 0.3) is 11.8 Å². The maximum Gasteiger partial charge on any atom is 0.416 e. The molecule has 0 aliphatic carbocycles. The van der Waals surface area contributed by atoms with Crippen molar-refractivity contribution in [2.45, 2.75) is 25.6 Å². The molecule has 2 heterocycles. The van der Waals surface area contributed by atoms with E-state index in [1.165, 1.54) is 18.3 Å². The highest BCUT2D eigenvalue weighted by atomic mass is 19.4.